The number of nitrogens with zero attached hydrogens (tertiary/aromatic N) is 4. The van der Waals surface area contributed by atoms with Gasteiger partial charge in [0.15, 0.2) is 11.5 Å². The van der Waals surface area contributed by atoms with Gasteiger partial charge in [-0.25, -0.2) is 5.01 Å². The van der Waals surface area contributed by atoms with E-state index in [1.807, 2.05) is 68.4 Å². The molecule has 1 fully saturated rings. The van der Waals surface area contributed by atoms with Crippen LogP contribution in [0, 0.1) is 24.8 Å². The molecule has 0 saturated carbocycles. The zero-order valence-corrected chi connectivity index (χ0v) is 24.6. The normalized spacial score (nSPS) is 15.9. The maximum absolute atomic E-state index is 13.7. The van der Waals surface area contributed by atoms with Crippen molar-refractivity contribution in [2.75, 3.05) is 39.5 Å². The van der Waals surface area contributed by atoms with Crippen LogP contribution in [0.1, 0.15) is 33.9 Å². The van der Waals surface area contributed by atoms with E-state index in [-0.39, 0.29) is 18.2 Å². The average Bonchev–Trinajstić information content (AvgIpc) is 3.49. The number of hydrogen-bond acceptors (Lipinski definition) is 8. The lowest BCUT2D eigenvalue weighted by Gasteiger charge is -2.40. The van der Waals surface area contributed by atoms with Crippen molar-refractivity contribution in [3.8, 4) is 11.5 Å². The monoisotopic (exact) mass is 579 g/mol. The number of amidine groups is 1. The van der Waals surface area contributed by atoms with Crippen LogP contribution in [0.4, 0.5) is 0 Å². The number of ether oxygens (including phenoxy) is 2. The summed E-state index contributed by atoms with van der Waals surface area (Å²) >= 11 is 0. The lowest BCUT2D eigenvalue weighted by molar-refractivity contribution is 0.107. The molecular weight excluding hydrogens is 542 g/mol. The number of nitrogens with one attached hydrogen (secondary N) is 3. The molecule has 10 heteroatoms. The van der Waals surface area contributed by atoms with Gasteiger partial charge in [-0.1, -0.05) is 53.8 Å². The molecule has 222 valence electrons. The van der Waals surface area contributed by atoms with Crippen molar-refractivity contribution in [1.82, 2.24) is 19.8 Å². The molecule has 1 atom stereocenters. The first kappa shape index (κ1) is 28.6. The van der Waals surface area contributed by atoms with Gasteiger partial charge in [0, 0.05) is 50.2 Å². The maximum Gasteiger partial charge on any atom is 0.253 e. The van der Waals surface area contributed by atoms with Crippen LogP contribution in [0.3, 0.4) is 0 Å². The molecular formula is C33H37N7O3. The summed E-state index contributed by atoms with van der Waals surface area (Å²) in [5.74, 6) is 1.68. The molecule has 3 aromatic carbocycles. The van der Waals surface area contributed by atoms with E-state index in [0.29, 0.717) is 31.6 Å². The molecule has 0 aliphatic carbocycles. The fourth-order valence-corrected chi connectivity index (χ4v) is 6.03. The quantitative estimate of drug-likeness (QED) is 0.108. The molecule has 10 nitrogen and oxygen atoms in total. The highest BCUT2D eigenvalue weighted by Crippen LogP contribution is 2.33. The van der Waals surface area contributed by atoms with Crippen LogP contribution in [-0.2, 0) is 13.0 Å². The smallest absolute Gasteiger partial charge is 0.253 e. The first-order chi connectivity index (χ1) is 20.9. The lowest BCUT2D eigenvalue weighted by Crippen LogP contribution is -2.51. The van der Waals surface area contributed by atoms with E-state index in [2.05, 4.69) is 32.1 Å². The minimum absolute atomic E-state index is 0.130. The van der Waals surface area contributed by atoms with Crippen LogP contribution in [0.15, 0.2) is 76.7 Å². The molecule has 0 spiro atoms. The summed E-state index contributed by atoms with van der Waals surface area (Å²) in [5, 5.41) is 15.5. The Morgan fingerprint density at radius 1 is 0.953 bits per heavy atom. The van der Waals surface area contributed by atoms with Crippen LogP contribution in [0.25, 0.3) is 10.9 Å². The van der Waals surface area contributed by atoms with E-state index in [1.54, 1.807) is 0 Å². The number of hydrogen-bond donors (Lipinski definition) is 3. The van der Waals surface area contributed by atoms with Crippen LogP contribution in [-0.4, -0.2) is 65.1 Å². The summed E-state index contributed by atoms with van der Waals surface area (Å²) in [6.45, 7) is 8.27. The average molecular weight is 580 g/mol. The lowest BCUT2D eigenvalue weighted by atomic mass is 9.98. The number of aryl methyl sites for hydroxylation is 2. The van der Waals surface area contributed by atoms with Gasteiger partial charge < -0.3 is 14.5 Å². The van der Waals surface area contributed by atoms with E-state index in [1.165, 1.54) is 5.01 Å². The maximum atomic E-state index is 13.7. The Kier molecular flexibility index (Phi) is 8.22. The van der Waals surface area contributed by atoms with Crippen LogP contribution >= 0.6 is 0 Å². The summed E-state index contributed by atoms with van der Waals surface area (Å²) in [5.41, 5.74) is 13.4. The number of H-pyrrole nitrogens is 1. The highest BCUT2D eigenvalue weighted by atomic mass is 16.7. The van der Waals surface area contributed by atoms with Gasteiger partial charge in [0.25, 0.3) is 5.56 Å². The first-order valence-corrected chi connectivity index (χ1v) is 14.7. The third-order valence-electron chi connectivity index (χ3n) is 8.50. The number of rotatable bonds is 9. The highest BCUT2D eigenvalue weighted by Gasteiger charge is 2.33. The summed E-state index contributed by atoms with van der Waals surface area (Å²) in [6, 6.07) is 21.4. The first-order valence-electron chi connectivity index (χ1n) is 14.7. The van der Waals surface area contributed by atoms with Crippen LogP contribution in [0.5, 0.6) is 11.5 Å². The molecule has 2 aliphatic heterocycles. The highest BCUT2D eigenvalue weighted by molar-refractivity contribution is 5.89. The molecule has 4 aromatic rings. The van der Waals surface area contributed by atoms with Crippen molar-refractivity contribution in [3.05, 3.63) is 105 Å². The summed E-state index contributed by atoms with van der Waals surface area (Å²) in [4.78, 5) is 21.3. The fraction of sp³-hybridized carbons (Fsp3) is 0.333. The standard InChI is InChI=1S/C33H37N7O3/c1-22-8-9-23(2)30-26(22)19-27(33(41)36-30)31(32(34)40(37-35)13-12-24-6-4-3-5-7-24)39-16-14-38(15-17-39)20-25-10-11-28-29(18-25)43-21-42-28/h3-11,18-19,31,34-35H,12-17,20-21H2,1-2H3,(H,36,41). The molecule has 3 heterocycles. The van der Waals surface area contributed by atoms with Gasteiger partial charge in [-0.05, 0) is 60.7 Å². The molecule has 1 aromatic heterocycles. The molecule has 3 N–H and O–H groups in total. The molecule has 2 aliphatic rings. The second-order valence-electron chi connectivity index (χ2n) is 11.3. The number of aromatic nitrogens is 1. The molecule has 1 saturated heterocycles. The zero-order chi connectivity index (χ0) is 29.9. The largest absolute Gasteiger partial charge is 0.454 e. The van der Waals surface area contributed by atoms with Gasteiger partial charge in [0.2, 0.25) is 6.79 Å². The number of pyridine rings is 1. The Labute approximate surface area is 250 Å². The number of piperazine rings is 1. The Balaban J connectivity index is 1.27. The summed E-state index contributed by atoms with van der Waals surface area (Å²) in [6.07, 6.45) is 0.633. The zero-order valence-electron chi connectivity index (χ0n) is 24.6. The van der Waals surface area contributed by atoms with E-state index < -0.39 is 6.04 Å². The third-order valence-corrected chi connectivity index (χ3v) is 8.50. The Hall–Kier alpha value is -4.54. The molecule has 6 rings (SSSR count). The molecule has 0 amide bonds. The van der Waals surface area contributed by atoms with Gasteiger partial charge in [0.05, 0.1) is 5.52 Å². The van der Waals surface area contributed by atoms with Crippen molar-refractivity contribution < 1.29 is 9.47 Å². The molecule has 1 unspecified atom stereocenters. The minimum atomic E-state index is -0.648. The van der Waals surface area contributed by atoms with E-state index in [0.717, 1.165) is 64.3 Å². The Bertz CT molecular complexity index is 1700. The molecule has 0 bridgehead atoms. The van der Waals surface area contributed by atoms with Crippen molar-refractivity contribution >= 4 is 16.7 Å². The summed E-state index contributed by atoms with van der Waals surface area (Å²) in [7, 11) is 0. The topological polar surface area (TPSA) is 121 Å². The van der Waals surface area contributed by atoms with Gasteiger partial charge in [-0.15, -0.1) is 0 Å². The fourth-order valence-electron chi connectivity index (χ4n) is 6.03. The van der Waals surface area contributed by atoms with E-state index >= 15 is 0 Å². The van der Waals surface area contributed by atoms with Crippen LogP contribution < -0.4 is 15.0 Å². The summed E-state index contributed by atoms with van der Waals surface area (Å²) < 4.78 is 11.0. The molecule has 0 radical (unpaired) electrons. The number of aromatic amines is 1. The predicted octanol–water partition coefficient (Wildman–Crippen LogP) is 5.20. The van der Waals surface area contributed by atoms with Crippen molar-refractivity contribution in [1.29, 1.82) is 10.9 Å². The van der Waals surface area contributed by atoms with Gasteiger partial charge in [0.1, 0.15) is 11.9 Å². The van der Waals surface area contributed by atoms with E-state index in [9.17, 15) is 10.2 Å². The van der Waals surface area contributed by atoms with Gasteiger partial charge in [-0.3, -0.25) is 20.0 Å². The van der Waals surface area contributed by atoms with Crippen molar-refractivity contribution in [2.45, 2.75) is 32.9 Å². The van der Waals surface area contributed by atoms with Gasteiger partial charge >= 0.3 is 0 Å². The number of fused-ring (bicyclic) bond motifs is 2. The Morgan fingerprint density at radius 3 is 2.47 bits per heavy atom. The Morgan fingerprint density at radius 2 is 1.70 bits per heavy atom. The van der Waals surface area contributed by atoms with Gasteiger partial charge in [-0.2, -0.15) is 5.53 Å². The molecule has 43 heavy (non-hydrogen) atoms. The van der Waals surface area contributed by atoms with Crippen molar-refractivity contribution in [2.24, 2.45) is 5.22 Å². The minimum Gasteiger partial charge on any atom is -0.454 e. The second kappa shape index (κ2) is 12.4. The second-order valence-corrected chi connectivity index (χ2v) is 11.3. The third kappa shape index (κ3) is 6.02. The van der Waals surface area contributed by atoms with Crippen molar-refractivity contribution in [3.63, 3.8) is 0 Å². The SMILES string of the molecule is Cc1ccc(C)c2[nH]c(=O)c(C(C(=N)N(CCc3ccccc3)N=N)N3CCN(Cc4ccc5c(c4)OCO5)CC3)cc12. The number of benzene rings is 3. The van der Waals surface area contributed by atoms with Crippen LogP contribution in [0.2, 0.25) is 0 Å². The van der Waals surface area contributed by atoms with E-state index in [4.69, 9.17) is 15.0 Å². The predicted molar refractivity (Wildman–Crippen MR) is 166 cm³/mol.